The van der Waals surface area contributed by atoms with Crippen LogP contribution in [0.4, 0.5) is 17.1 Å². The number of fused-ring (bicyclic) bond motifs is 9. The molecule has 0 saturated carbocycles. The Morgan fingerprint density at radius 2 is 0.951 bits per heavy atom. The summed E-state index contributed by atoms with van der Waals surface area (Å²) in [7, 11) is 0. The molecular weight excluding hydrogens is 755 g/mol. The molecule has 1 unspecified atom stereocenters. The van der Waals surface area contributed by atoms with Crippen LogP contribution >= 0.6 is 11.3 Å². The van der Waals surface area contributed by atoms with Crippen LogP contribution in [0.1, 0.15) is 48.6 Å². The molecule has 0 fully saturated rings. The first-order valence-corrected chi connectivity index (χ1v) is 22.2. The van der Waals surface area contributed by atoms with Gasteiger partial charge in [0.1, 0.15) is 0 Å². The van der Waals surface area contributed by atoms with E-state index in [2.05, 4.69) is 232 Å². The first-order valence-electron chi connectivity index (χ1n) is 21.3. The minimum absolute atomic E-state index is 0.161. The van der Waals surface area contributed by atoms with Gasteiger partial charge in [-0.15, -0.1) is 11.3 Å². The van der Waals surface area contributed by atoms with Crippen molar-refractivity contribution in [3.05, 3.63) is 234 Å². The number of anilines is 3. The Labute approximate surface area is 361 Å². The van der Waals surface area contributed by atoms with Crippen molar-refractivity contribution >= 4 is 48.6 Å². The number of benzene rings is 9. The average molecular weight is 798 g/mol. The lowest BCUT2D eigenvalue weighted by molar-refractivity contribution is 0.662. The third-order valence-corrected chi connectivity index (χ3v) is 14.9. The molecule has 1 atom stereocenters. The van der Waals surface area contributed by atoms with Gasteiger partial charge in [-0.05, 0) is 116 Å². The van der Waals surface area contributed by atoms with Crippen LogP contribution in [0, 0.1) is 0 Å². The fourth-order valence-electron chi connectivity index (χ4n) is 10.9. The van der Waals surface area contributed by atoms with Gasteiger partial charge in [-0.2, -0.15) is 0 Å². The molecule has 0 amide bonds. The predicted molar refractivity (Wildman–Crippen MR) is 260 cm³/mol. The molecule has 10 aromatic rings. The summed E-state index contributed by atoms with van der Waals surface area (Å²) in [5.41, 5.74) is 19.9. The molecule has 12 rings (SSSR count). The fraction of sp³-hybridized carbons (Fsp3) is 0.0847. The van der Waals surface area contributed by atoms with Crippen molar-refractivity contribution in [3.63, 3.8) is 0 Å². The largest absolute Gasteiger partial charge is 0.310 e. The molecule has 2 aliphatic rings. The van der Waals surface area contributed by atoms with Crippen molar-refractivity contribution in [2.24, 2.45) is 0 Å². The van der Waals surface area contributed by atoms with Gasteiger partial charge in [0, 0.05) is 47.9 Å². The van der Waals surface area contributed by atoms with Gasteiger partial charge in [-0.1, -0.05) is 178 Å². The standard InChI is InChI=1S/C59H43NS/c1-58(2)50-26-11-7-20-44(50)47-24-15-25-48(57(47)58)46-21-9-13-28-53(46)60(40-33-31-38(32-34-40)42-23-16-30-55-56(42)49-22-10-14-29-54(49)61-55)41-35-36-45-43-19-8-12-27-51(43)59(3,52(45)37-41)39-17-5-4-6-18-39/h4-37H,1-3H3. The molecule has 1 aromatic heterocycles. The molecule has 2 heteroatoms. The summed E-state index contributed by atoms with van der Waals surface area (Å²) in [5, 5.41) is 2.65. The van der Waals surface area contributed by atoms with Crippen LogP contribution in [-0.2, 0) is 10.8 Å². The summed E-state index contributed by atoms with van der Waals surface area (Å²) in [6.07, 6.45) is 0. The van der Waals surface area contributed by atoms with E-state index in [9.17, 15) is 0 Å². The lowest BCUT2D eigenvalue weighted by Gasteiger charge is -2.32. The Morgan fingerprint density at radius 3 is 1.75 bits per heavy atom. The molecule has 61 heavy (non-hydrogen) atoms. The van der Waals surface area contributed by atoms with E-state index in [0.29, 0.717) is 0 Å². The molecule has 0 saturated heterocycles. The second-order valence-electron chi connectivity index (χ2n) is 17.3. The molecule has 0 bridgehead atoms. The second kappa shape index (κ2) is 13.5. The van der Waals surface area contributed by atoms with E-state index in [0.717, 1.165) is 17.1 Å². The molecule has 0 N–H and O–H groups in total. The highest BCUT2D eigenvalue weighted by Crippen LogP contribution is 2.56. The Hall–Kier alpha value is -7.00. The van der Waals surface area contributed by atoms with Gasteiger partial charge >= 0.3 is 0 Å². The van der Waals surface area contributed by atoms with Crippen LogP contribution in [0.5, 0.6) is 0 Å². The summed E-state index contributed by atoms with van der Waals surface area (Å²) in [6.45, 7) is 7.19. The van der Waals surface area contributed by atoms with E-state index in [1.807, 2.05) is 11.3 Å². The highest BCUT2D eigenvalue weighted by Gasteiger charge is 2.42. The lowest BCUT2D eigenvalue weighted by atomic mass is 9.74. The van der Waals surface area contributed by atoms with Crippen molar-refractivity contribution in [1.29, 1.82) is 0 Å². The maximum absolute atomic E-state index is 2.50. The van der Waals surface area contributed by atoms with Gasteiger partial charge in [0.25, 0.3) is 0 Å². The molecule has 290 valence electrons. The molecule has 0 radical (unpaired) electrons. The van der Waals surface area contributed by atoms with E-state index in [4.69, 9.17) is 0 Å². The molecular formula is C59H43NS. The van der Waals surface area contributed by atoms with Gasteiger partial charge < -0.3 is 4.90 Å². The van der Waals surface area contributed by atoms with Crippen molar-refractivity contribution < 1.29 is 0 Å². The van der Waals surface area contributed by atoms with Crippen LogP contribution in [-0.4, -0.2) is 0 Å². The van der Waals surface area contributed by atoms with Gasteiger partial charge in [-0.3, -0.25) is 0 Å². The quantitative estimate of drug-likeness (QED) is 0.162. The van der Waals surface area contributed by atoms with Crippen LogP contribution in [0.2, 0.25) is 0 Å². The molecule has 2 aliphatic carbocycles. The number of nitrogens with zero attached hydrogens (tertiary/aromatic N) is 1. The summed E-state index contributed by atoms with van der Waals surface area (Å²) in [6, 6.07) is 76.9. The molecule has 0 aliphatic heterocycles. The number of para-hydroxylation sites is 1. The maximum atomic E-state index is 2.50. The van der Waals surface area contributed by atoms with Gasteiger partial charge in [0.15, 0.2) is 0 Å². The first-order chi connectivity index (χ1) is 29.9. The average Bonchev–Trinajstić information content (AvgIpc) is 3.91. The third kappa shape index (κ3) is 5.25. The van der Waals surface area contributed by atoms with Crippen molar-refractivity contribution in [1.82, 2.24) is 0 Å². The van der Waals surface area contributed by atoms with E-state index in [1.54, 1.807) is 0 Å². The van der Waals surface area contributed by atoms with E-state index in [1.165, 1.54) is 92.5 Å². The van der Waals surface area contributed by atoms with Gasteiger partial charge in [0.05, 0.1) is 5.69 Å². The minimum Gasteiger partial charge on any atom is -0.310 e. The maximum Gasteiger partial charge on any atom is 0.0540 e. The van der Waals surface area contributed by atoms with Crippen LogP contribution in [0.3, 0.4) is 0 Å². The molecule has 9 aromatic carbocycles. The Bertz CT molecular complexity index is 3350. The highest BCUT2D eigenvalue weighted by molar-refractivity contribution is 7.25. The summed E-state index contributed by atoms with van der Waals surface area (Å²) in [4.78, 5) is 2.50. The van der Waals surface area contributed by atoms with Crippen LogP contribution in [0.25, 0.3) is 64.7 Å². The Morgan fingerprint density at radius 1 is 0.393 bits per heavy atom. The van der Waals surface area contributed by atoms with E-state index >= 15 is 0 Å². The van der Waals surface area contributed by atoms with Crippen molar-refractivity contribution in [3.8, 4) is 44.5 Å². The number of rotatable bonds is 6. The topological polar surface area (TPSA) is 3.24 Å². The Kier molecular flexibility index (Phi) is 7.95. The van der Waals surface area contributed by atoms with E-state index < -0.39 is 0 Å². The Balaban J connectivity index is 1.08. The predicted octanol–water partition coefficient (Wildman–Crippen LogP) is 16.5. The zero-order valence-electron chi connectivity index (χ0n) is 34.5. The highest BCUT2D eigenvalue weighted by atomic mass is 32.1. The smallest absolute Gasteiger partial charge is 0.0540 e. The SMILES string of the molecule is CC1(C)c2ccccc2-c2cccc(-c3ccccc3N(c3ccc(-c4cccc5sc6ccccc6c45)cc3)c3ccc4c(c3)C(C)(c3ccccc3)c3ccccc3-4)c21. The lowest BCUT2D eigenvalue weighted by Crippen LogP contribution is -2.23. The molecule has 1 heterocycles. The molecule has 1 nitrogen and oxygen atoms in total. The number of hydrogen-bond donors (Lipinski definition) is 0. The van der Waals surface area contributed by atoms with Crippen LogP contribution in [0.15, 0.2) is 206 Å². The minimum atomic E-state index is -0.323. The van der Waals surface area contributed by atoms with Gasteiger partial charge in [0.2, 0.25) is 0 Å². The zero-order chi connectivity index (χ0) is 40.9. The molecule has 0 spiro atoms. The summed E-state index contributed by atoms with van der Waals surface area (Å²) >= 11 is 1.87. The monoisotopic (exact) mass is 797 g/mol. The van der Waals surface area contributed by atoms with E-state index in [-0.39, 0.29) is 10.8 Å². The van der Waals surface area contributed by atoms with Crippen molar-refractivity contribution in [2.75, 3.05) is 4.90 Å². The number of hydrogen-bond acceptors (Lipinski definition) is 2. The normalized spacial score (nSPS) is 15.7. The van der Waals surface area contributed by atoms with Crippen LogP contribution < -0.4 is 4.90 Å². The first kappa shape index (κ1) is 35.9. The zero-order valence-corrected chi connectivity index (χ0v) is 35.3. The second-order valence-corrected chi connectivity index (χ2v) is 18.4. The number of thiophene rings is 1. The summed E-state index contributed by atoms with van der Waals surface area (Å²) < 4.78 is 2.64. The third-order valence-electron chi connectivity index (χ3n) is 13.8. The van der Waals surface area contributed by atoms with Crippen molar-refractivity contribution in [2.45, 2.75) is 31.6 Å². The fourth-order valence-corrected chi connectivity index (χ4v) is 12.0. The van der Waals surface area contributed by atoms with Gasteiger partial charge in [-0.25, -0.2) is 0 Å². The summed E-state index contributed by atoms with van der Waals surface area (Å²) in [5.74, 6) is 0.